The monoisotopic (exact) mass is 456 g/mol. The molecule has 0 fully saturated rings. The summed E-state index contributed by atoms with van der Waals surface area (Å²) >= 11 is 12.0. The third-order valence-corrected chi connectivity index (χ3v) is 6.00. The van der Waals surface area contributed by atoms with E-state index < -0.39 is 20.7 Å². The van der Waals surface area contributed by atoms with Gasteiger partial charge in [0.05, 0.1) is 20.9 Å². The van der Waals surface area contributed by atoms with Crippen molar-refractivity contribution in [1.29, 1.82) is 0 Å². The zero-order valence-electron chi connectivity index (χ0n) is 10.2. The van der Waals surface area contributed by atoms with Gasteiger partial charge in [-0.15, -0.1) is 0 Å². The van der Waals surface area contributed by atoms with Gasteiger partial charge in [0.1, 0.15) is 4.90 Å². The molecule has 2 rings (SSSR count). The van der Waals surface area contributed by atoms with Gasteiger partial charge < -0.3 is 5.73 Å². The number of nitrogens with two attached hydrogens (primary N) is 1. The fourth-order valence-electron chi connectivity index (χ4n) is 1.54. The second kappa shape index (κ2) is 6.12. The maximum absolute atomic E-state index is 14.1. The summed E-state index contributed by atoms with van der Waals surface area (Å²) in [4.78, 5) is -0.621. The highest BCUT2D eigenvalue weighted by molar-refractivity contribution is 9.11. The first kappa shape index (κ1) is 16.5. The number of hydrogen-bond acceptors (Lipinski definition) is 3. The Kier molecular flexibility index (Phi) is 4.82. The van der Waals surface area contributed by atoms with Crippen molar-refractivity contribution in [2.75, 3.05) is 10.5 Å². The van der Waals surface area contributed by atoms with Crippen LogP contribution in [0.15, 0.2) is 44.2 Å². The van der Waals surface area contributed by atoms with E-state index in [1.165, 1.54) is 6.07 Å². The van der Waals surface area contributed by atoms with Crippen molar-refractivity contribution in [3.8, 4) is 0 Å². The fraction of sp³-hybridized carbons (Fsp3) is 0. The highest BCUT2D eigenvalue weighted by Crippen LogP contribution is 2.35. The van der Waals surface area contributed by atoms with Crippen LogP contribution in [-0.2, 0) is 10.0 Å². The Bertz CT molecular complexity index is 815. The lowest BCUT2D eigenvalue weighted by molar-refractivity contribution is 0.572. The molecule has 0 aliphatic rings. The second-order valence-electron chi connectivity index (χ2n) is 3.98. The highest BCUT2D eigenvalue weighted by atomic mass is 79.9. The summed E-state index contributed by atoms with van der Waals surface area (Å²) in [6, 6.07) is 7.54. The van der Waals surface area contributed by atoms with E-state index in [4.69, 9.17) is 17.3 Å². The van der Waals surface area contributed by atoms with E-state index in [2.05, 4.69) is 36.6 Å². The first-order valence-electron chi connectivity index (χ1n) is 5.44. The summed E-state index contributed by atoms with van der Waals surface area (Å²) in [7, 11) is -4.17. The quantitative estimate of drug-likeness (QED) is 0.529. The van der Waals surface area contributed by atoms with Crippen molar-refractivity contribution in [2.24, 2.45) is 0 Å². The molecule has 0 radical (unpaired) electrons. The number of hydrogen-bond donors (Lipinski definition) is 2. The van der Waals surface area contributed by atoms with E-state index in [9.17, 15) is 12.8 Å². The standard InChI is InChI=1S/C12H8Br2ClFN2O2S/c13-6-3-1-2-4-8(6)18-21(19,20)9-5-7(15)10(14)12(17)11(9)16/h1-5,18H,17H2. The van der Waals surface area contributed by atoms with Crippen LogP contribution in [0.2, 0.25) is 5.02 Å². The van der Waals surface area contributed by atoms with Crippen LogP contribution in [0.3, 0.4) is 0 Å². The molecule has 0 amide bonds. The highest BCUT2D eigenvalue weighted by Gasteiger charge is 2.24. The SMILES string of the molecule is Nc1c(F)c(S(=O)(=O)Nc2ccccc2Br)cc(Cl)c1Br. The summed E-state index contributed by atoms with van der Waals surface area (Å²) in [5, 5.41) is 0.00130. The van der Waals surface area contributed by atoms with Gasteiger partial charge in [-0.2, -0.15) is 0 Å². The van der Waals surface area contributed by atoms with Crippen LogP contribution in [-0.4, -0.2) is 8.42 Å². The smallest absolute Gasteiger partial charge is 0.264 e. The molecule has 2 aromatic carbocycles. The van der Waals surface area contributed by atoms with E-state index in [1.54, 1.807) is 18.2 Å². The van der Waals surface area contributed by atoms with Gasteiger partial charge in [-0.3, -0.25) is 4.72 Å². The van der Waals surface area contributed by atoms with Crippen LogP contribution in [0.5, 0.6) is 0 Å². The maximum atomic E-state index is 14.1. The van der Waals surface area contributed by atoms with Gasteiger partial charge in [-0.1, -0.05) is 23.7 Å². The molecule has 2 aromatic rings. The topological polar surface area (TPSA) is 72.2 Å². The molecule has 0 spiro atoms. The zero-order valence-corrected chi connectivity index (χ0v) is 14.9. The van der Waals surface area contributed by atoms with Crippen LogP contribution in [0.1, 0.15) is 0 Å². The van der Waals surface area contributed by atoms with Crippen molar-refractivity contribution in [3.05, 3.63) is 50.1 Å². The third-order valence-electron chi connectivity index (χ3n) is 2.56. The van der Waals surface area contributed by atoms with Gasteiger partial charge >= 0.3 is 0 Å². The van der Waals surface area contributed by atoms with Gasteiger partial charge in [0.25, 0.3) is 10.0 Å². The van der Waals surface area contributed by atoms with Crippen molar-refractivity contribution in [1.82, 2.24) is 0 Å². The largest absolute Gasteiger partial charge is 0.395 e. The number of halogens is 4. The van der Waals surface area contributed by atoms with E-state index in [0.717, 1.165) is 6.07 Å². The van der Waals surface area contributed by atoms with Gasteiger partial charge in [0.2, 0.25) is 0 Å². The Labute approximate surface area is 142 Å². The lowest BCUT2D eigenvalue weighted by atomic mass is 10.3. The lowest BCUT2D eigenvalue weighted by Crippen LogP contribution is -2.16. The molecule has 0 heterocycles. The van der Waals surface area contributed by atoms with Gasteiger partial charge in [-0.05, 0) is 50.1 Å². The van der Waals surface area contributed by atoms with Crippen LogP contribution in [0.4, 0.5) is 15.8 Å². The molecule has 9 heteroatoms. The number of sulfonamides is 1. The molecule has 3 N–H and O–H groups in total. The molecule has 21 heavy (non-hydrogen) atoms. The molecule has 112 valence electrons. The van der Waals surface area contributed by atoms with Gasteiger partial charge in [-0.25, -0.2) is 12.8 Å². The minimum atomic E-state index is -4.17. The van der Waals surface area contributed by atoms with Crippen LogP contribution >= 0.6 is 43.5 Å². The van der Waals surface area contributed by atoms with Crippen LogP contribution in [0.25, 0.3) is 0 Å². The van der Waals surface area contributed by atoms with Crippen molar-refractivity contribution < 1.29 is 12.8 Å². The molecule has 0 atom stereocenters. The number of para-hydroxylation sites is 1. The Morgan fingerprint density at radius 2 is 1.86 bits per heavy atom. The average Bonchev–Trinajstić information content (AvgIpc) is 2.42. The number of nitrogen functional groups attached to an aromatic ring is 1. The molecule has 4 nitrogen and oxygen atoms in total. The third kappa shape index (κ3) is 3.33. The van der Waals surface area contributed by atoms with Crippen LogP contribution in [0, 0.1) is 5.82 Å². The number of nitrogens with one attached hydrogen (secondary N) is 1. The molecule has 0 saturated heterocycles. The van der Waals surface area contributed by atoms with E-state index in [1.807, 2.05) is 0 Å². The Morgan fingerprint density at radius 3 is 2.48 bits per heavy atom. The molecular formula is C12H8Br2ClFN2O2S. The first-order valence-corrected chi connectivity index (χ1v) is 8.89. The number of benzene rings is 2. The van der Waals surface area contributed by atoms with Crippen molar-refractivity contribution >= 4 is 64.9 Å². The number of anilines is 2. The molecule has 0 bridgehead atoms. The van der Waals surface area contributed by atoms with E-state index in [0.29, 0.717) is 4.47 Å². The number of rotatable bonds is 3. The van der Waals surface area contributed by atoms with Crippen molar-refractivity contribution in [2.45, 2.75) is 4.90 Å². The average molecular weight is 459 g/mol. The molecular weight excluding hydrogens is 450 g/mol. The summed E-state index contributed by atoms with van der Waals surface area (Å²) in [6.07, 6.45) is 0. The molecule has 0 saturated carbocycles. The van der Waals surface area contributed by atoms with E-state index >= 15 is 0 Å². The van der Waals surface area contributed by atoms with Crippen LogP contribution < -0.4 is 10.5 Å². The van der Waals surface area contributed by atoms with Crippen molar-refractivity contribution in [3.63, 3.8) is 0 Å². The molecule has 0 aromatic heterocycles. The van der Waals surface area contributed by atoms with Gasteiger partial charge in [0, 0.05) is 4.47 Å². The normalized spacial score (nSPS) is 11.4. The second-order valence-corrected chi connectivity index (χ2v) is 7.69. The minimum Gasteiger partial charge on any atom is -0.395 e. The Morgan fingerprint density at radius 1 is 1.24 bits per heavy atom. The first-order chi connectivity index (χ1) is 9.74. The summed E-state index contributed by atoms with van der Waals surface area (Å²) < 4.78 is 41.6. The summed E-state index contributed by atoms with van der Waals surface area (Å²) in [5.41, 5.74) is 5.40. The lowest BCUT2D eigenvalue weighted by Gasteiger charge is -2.12. The molecule has 0 unspecified atom stereocenters. The minimum absolute atomic E-state index is 0.00130. The fourth-order valence-corrected chi connectivity index (χ4v) is 3.81. The zero-order chi connectivity index (χ0) is 15.8. The Hall–Kier alpha value is -0.830. The Balaban J connectivity index is 2.53. The predicted octanol–water partition coefficient (Wildman–Crippen LogP) is 4.39. The summed E-state index contributed by atoms with van der Waals surface area (Å²) in [6.45, 7) is 0. The molecule has 0 aliphatic heterocycles. The molecule has 0 aliphatic carbocycles. The predicted molar refractivity (Wildman–Crippen MR) is 88.5 cm³/mol. The summed E-state index contributed by atoms with van der Waals surface area (Å²) in [5.74, 6) is -1.06. The van der Waals surface area contributed by atoms with Gasteiger partial charge in [0.15, 0.2) is 5.82 Å². The maximum Gasteiger partial charge on any atom is 0.264 e. The van der Waals surface area contributed by atoms with E-state index in [-0.39, 0.29) is 20.9 Å².